The Bertz CT molecular complexity index is 2580. The van der Waals surface area contributed by atoms with E-state index in [1.807, 2.05) is 78.9 Å². The summed E-state index contributed by atoms with van der Waals surface area (Å²) in [5.41, 5.74) is 4.22. The molecule has 0 atom stereocenters. The number of azo groups is 1. The first-order chi connectivity index (χ1) is 30.3. The maximum Gasteiger partial charge on any atom is 0.233 e. The molecule has 2 aromatic heterocycles. The Kier molecular flexibility index (Phi) is 14.5. The van der Waals surface area contributed by atoms with Crippen LogP contribution in [-0.2, 0) is 6.42 Å². The first-order valence-electron chi connectivity index (χ1n) is 21.6. The monoisotopic (exact) mass is 835 g/mol. The molecule has 0 unspecified atom stereocenters. The minimum absolute atomic E-state index is 0.0896. The van der Waals surface area contributed by atoms with Crippen LogP contribution in [0.2, 0.25) is 0 Å². The summed E-state index contributed by atoms with van der Waals surface area (Å²) in [5.74, 6) is 1.63. The van der Waals surface area contributed by atoms with Crippen LogP contribution in [0.5, 0.6) is 11.5 Å². The predicted molar refractivity (Wildman–Crippen MR) is 252 cm³/mol. The van der Waals surface area contributed by atoms with Gasteiger partial charge in [-0.15, -0.1) is 5.11 Å². The second-order valence-electron chi connectivity index (χ2n) is 15.1. The van der Waals surface area contributed by atoms with E-state index < -0.39 is 0 Å². The van der Waals surface area contributed by atoms with Crippen LogP contribution >= 0.6 is 0 Å². The highest BCUT2D eigenvalue weighted by Crippen LogP contribution is 2.44. The van der Waals surface area contributed by atoms with Crippen molar-refractivity contribution in [3.05, 3.63) is 102 Å². The number of rotatable bonds is 22. The molecule has 0 spiro atoms. The number of aromatic amines is 1. The van der Waals surface area contributed by atoms with Gasteiger partial charge in [0.15, 0.2) is 11.5 Å². The molecule has 0 radical (unpaired) electrons. The molecule has 2 heterocycles. The Labute approximate surface area is 362 Å². The van der Waals surface area contributed by atoms with Crippen molar-refractivity contribution in [1.29, 1.82) is 0 Å². The standard InChI is InChI=1S/C48H57N11O3/c1-6-58(7-2)28-12-26-49-46-53-47(50-27-13-29-59(8-3)9-4)55-48(54-46)51-34-19-21-35(22-20-34)56-57-44-42-33(18-25-38-37-14-10-11-15-40(37)52-43(38)42)31-39(45(44)61)41(60)30-32-16-23-36(62-5)24-17-32/h10-11,14-25,31,52,61H,6-9,12-13,26-30H2,1-5H3,(H3,49,50,51,53,54,55). The second-order valence-corrected chi connectivity index (χ2v) is 15.1. The molecular weight excluding hydrogens is 779 g/mol. The Morgan fingerprint density at radius 2 is 1.37 bits per heavy atom. The molecule has 5 aromatic carbocycles. The molecule has 0 aliphatic rings. The van der Waals surface area contributed by atoms with Crippen molar-refractivity contribution < 1.29 is 14.6 Å². The van der Waals surface area contributed by atoms with Crippen LogP contribution in [0.4, 0.5) is 34.9 Å². The minimum atomic E-state index is -0.243. The summed E-state index contributed by atoms with van der Waals surface area (Å²) in [6.45, 7) is 16.2. The Morgan fingerprint density at radius 3 is 2.00 bits per heavy atom. The zero-order chi connectivity index (χ0) is 43.4. The molecule has 7 rings (SSSR count). The van der Waals surface area contributed by atoms with Gasteiger partial charge in [0.2, 0.25) is 17.8 Å². The molecule has 0 fully saturated rings. The smallest absolute Gasteiger partial charge is 0.233 e. The SMILES string of the molecule is CCN(CC)CCCNc1nc(NCCCN(CC)CC)nc(Nc2ccc(N=Nc3c(O)c(C(=O)Cc4ccc(OC)cc4)cc4ccc5c6ccccc6[nH]c5c34)cc2)n1. The maximum atomic E-state index is 13.8. The number of Topliss-reactive ketones (excluding diaryl/α,β-unsaturated/α-hetero) is 1. The van der Waals surface area contributed by atoms with Gasteiger partial charge in [0.1, 0.15) is 11.4 Å². The number of anilines is 4. The average Bonchev–Trinajstić information content (AvgIpc) is 3.68. The number of methoxy groups -OCH3 is 1. The minimum Gasteiger partial charge on any atom is -0.505 e. The zero-order valence-electron chi connectivity index (χ0n) is 36.3. The predicted octanol–water partition coefficient (Wildman–Crippen LogP) is 10.2. The van der Waals surface area contributed by atoms with E-state index in [0.29, 0.717) is 34.7 Å². The van der Waals surface area contributed by atoms with E-state index in [1.54, 1.807) is 13.2 Å². The van der Waals surface area contributed by atoms with E-state index in [4.69, 9.17) is 14.7 Å². The van der Waals surface area contributed by atoms with Gasteiger partial charge in [-0.25, -0.2) is 0 Å². The van der Waals surface area contributed by atoms with Crippen LogP contribution in [0.1, 0.15) is 56.5 Å². The number of nitrogens with zero attached hydrogens (tertiary/aromatic N) is 7. The molecular formula is C48H57N11O3. The van der Waals surface area contributed by atoms with Crippen LogP contribution in [-0.4, -0.2) is 100 Å². The van der Waals surface area contributed by atoms with Gasteiger partial charge in [-0.3, -0.25) is 4.79 Å². The molecule has 5 N–H and O–H groups in total. The van der Waals surface area contributed by atoms with E-state index in [2.05, 4.69) is 79.7 Å². The number of carbonyl (C=O) groups is 1. The topological polar surface area (TPSA) is 168 Å². The molecule has 14 nitrogen and oxygen atoms in total. The summed E-state index contributed by atoms with van der Waals surface area (Å²) < 4.78 is 5.29. The number of benzene rings is 5. The van der Waals surface area contributed by atoms with Crippen molar-refractivity contribution in [1.82, 2.24) is 29.7 Å². The fraction of sp³-hybridized carbons (Fsp3) is 0.333. The number of nitrogens with one attached hydrogen (secondary N) is 4. The molecule has 62 heavy (non-hydrogen) atoms. The number of ketones is 1. The largest absolute Gasteiger partial charge is 0.505 e. The number of carbonyl (C=O) groups excluding carboxylic acids is 1. The lowest BCUT2D eigenvalue weighted by molar-refractivity contribution is 0.0990. The summed E-state index contributed by atoms with van der Waals surface area (Å²) in [5, 5.41) is 34.7. The third kappa shape index (κ3) is 10.4. The average molecular weight is 836 g/mol. The summed E-state index contributed by atoms with van der Waals surface area (Å²) >= 11 is 0. The number of phenols is 1. The molecule has 322 valence electrons. The molecule has 0 aliphatic carbocycles. The number of aromatic nitrogens is 4. The third-order valence-corrected chi connectivity index (χ3v) is 11.2. The second kappa shape index (κ2) is 20.8. The number of phenolic OH excluding ortho intramolecular Hbond substituents is 1. The van der Waals surface area contributed by atoms with E-state index in [0.717, 1.165) is 104 Å². The summed E-state index contributed by atoms with van der Waals surface area (Å²) in [7, 11) is 1.60. The fourth-order valence-corrected chi connectivity index (χ4v) is 7.64. The quantitative estimate of drug-likeness (QED) is 0.0250. The normalized spacial score (nSPS) is 11.7. The summed E-state index contributed by atoms with van der Waals surface area (Å²) in [4.78, 5) is 36.2. The third-order valence-electron chi connectivity index (χ3n) is 11.2. The van der Waals surface area contributed by atoms with Crippen molar-refractivity contribution in [2.24, 2.45) is 10.2 Å². The van der Waals surface area contributed by atoms with Crippen molar-refractivity contribution in [3.63, 3.8) is 0 Å². The lowest BCUT2D eigenvalue weighted by atomic mass is 9.96. The summed E-state index contributed by atoms with van der Waals surface area (Å²) in [6.07, 6.45) is 2.01. The highest BCUT2D eigenvalue weighted by Gasteiger charge is 2.22. The fourth-order valence-electron chi connectivity index (χ4n) is 7.64. The number of hydrogen-bond acceptors (Lipinski definition) is 13. The zero-order valence-corrected chi connectivity index (χ0v) is 36.3. The highest BCUT2D eigenvalue weighted by molar-refractivity contribution is 6.22. The molecule has 0 saturated heterocycles. The lowest BCUT2D eigenvalue weighted by Crippen LogP contribution is -2.26. The van der Waals surface area contributed by atoms with Gasteiger partial charge < -0.3 is 40.6 Å². The lowest BCUT2D eigenvalue weighted by Gasteiger charge is -2.18. The van der Waals surface area contributed by atoms with Crippen molar-refractivity contribution in [3.8, 4) is 11.5 Å². The van der Waals surface area contributed by atoms with E-state index in [-0.39, 0.29) is 29.2 Å². The number of para-hydroxylation sites is 1. The van der Waals surface area contributed by atoms with Crippen LogP contribution < -0.4 is 20.7 Å². The van der Waals surface area contributed by atoms with Gasteiger partial charge in [0, 0.05) is 46.9 Å². The van der Waals surface area contributed by atoms with E-state index >= 15 is 0 Å². The Hall–Kier alpha value is -6.64. The van der Waals surface area contributed by atoms with Gasteiger partial charge in [-0.1, -0.05) is 70.2 Å². The first-order valence-corrected chi connectivity index (χ1v) is 21.6. The molecule has 14 heteroatoms. The molecule has 0 amide bonds. The number of hydrogen-bond donors (Lipinski definition) is 5. The van der Waals surface area contributed by atoms with Gasteiger partial charge in [0.05, 0.1) is 23.9 Å². The van der Waals surface area contributed by atoms with Crippen LogP contribution in [0.25, 0.3) is 32.6 Å². The van der Waals surface area contributed by atoms with Gasteiger partial charge in [0.25, 0.3) is 0 Å². The number of fused-ring (bicyclic) bond motifs is 5. The van der Waals surface area contributed by atoms with Gasteiger partial charge in [-0.05, 0) is 112 Å². The highest BCUT2D eigenvalue weighted by atomic mass is 16.5. The molecule has 0 bridgehead atoms. The van der Waals surface area contributed by atoms with E-state index in [1.165, 1.54) is 0 Å². The van der Waals surface area contributed by atoms with Gasteiger partial charge >= 0.3 is 0 Å². The van der Waals surface area contributed by atoms with Crippen LogP contribution in [0, 0.1) is 0 Å². The summed E-state index contributed by atoms with van der Waals surface area (Å²) in [6, 6.07) is 28.5. The van der Waals surface area contributed by atoms with Crippen LogP contribution in [0.3, 0.4) is 0 Å². The Morgan fingerprint density at radius 1 is 0.742 bits per heavy atom. The van der Waals surface area contributed by atoms with Crippen molar-refractivity contribution in [2.45, 2.75) is 47.0 Å². The maximum absolute atomic E-state index is 13.8. The van der Waals surface area contributed by atoms with Gasteiger partial charge in [-0.2, -0.15) is 20.1 Å². The first kappa shape index (κ1) is 43.4. The number of aromatic hydroxyl groups is 1. The van der Waals surface area contributed by atoms with Crippen molar-refractivity contribution in [2.75, 3.05) is 75.4 Å². The van der Waals surface area contributed by atoms with E-state index in [9.17, 15) is 9.90 Å². The number of H-pyrrole nitrogens is 1. The van der Waals surface area contributed by atoms with Crippen molar-refractivity contribution >= 4 is 73.3 Å². The number of ether oxygens (including phenoxy) is 1. The molecule has 0 aliphatic heterocycles. The Balaban J connectivity index is 1.14. The van der Waals surface area contributed by atoms with Crippen LogP contribution in [0.15, 0.2) is 101 Å². The molecule has 0 saturated carbocycles. The molecule has 7 aromatic rings.